The van der Waals surface area contributed by atoms with Gasteiger partial charge in [-0.15, -0.1) is 0 Å². The lowest BCUT2D eigenvalue weighted by Crippen LogP contribution is -2.51. The van der Waals surface area contributed by atoms with Crippen LogP contribution in [0.1, 0.15) is 44.9 Å². The third-order valence-corrected chi connectivity index (χ3v) is 5.85. The summed E-state index contributed by atoms with van der Waals surface area (Å²) in [7, 11) is 4.19. The van der Waals surface area contributed by atoms with Crippen LogP contribution in [-0.4, -0.2) is 61.5 Å². The Labute approximate surface area is 129 Å². The van der Waals surface area contributed by atoms with Crippen LogP contribution < -0.4 is 5.32 Å². The maximum Gasteiger partial charge on any atom is 0.240 e. The SMILES string of the molecule is CN(C)CCN(C(=O)C1NCC2CCCC21)C1CCCC1. The number of likely N-dealkylation sites (N-methyl/N-ethyl adjacent to an activating group) is 1. The fraction of sp³-hybridized carbons (Fsp3) is 0.941. The van der Waals surface area contributed by atoms with Crippen molar-refractivity contribution in [2.45, 2.75) is 57.0 Å². The van der Waals surface area contributed by atoms with Gasteiger partial charge in [-0.05, 0) is 58.2 Å². The summed E-state index contributed by atoms with van der Waals surface area (Å²) in [5, 5.41) is 3.55. The number of amides is 1. The van der Waals surface area contributed by atoms with Crippen LogP contribution in [0.3, 0.4) is 0 Å². The third-order valence-electron chi connectivity index (χ3n) is 5.85. The van der Waals surface area contributed by atoms with Crippen molar-refractivity contribution >= 4 is 5.91 Å². The molecule has 0 bridgehead atoms. The average Bonchev–Trinajstić information content (AvgIpc) is 3.15. The molecule has 0 aromatic carbocycles. The number of carbonyl (C=O) groups excluding carboxylic acids is 1. The first kappa shape index (κ1) is 15.3. The highest BCUT2D eigenvalue weighted by Crippen LogP contribution is 2.38. The fourth-order valence-electron chi connectivity index (χ4n) is 4.63. The molecule has 4 nitrogen and oxygen atoms in total. The van der Waals surface area contributed by atoms with Gasteiger partial charge in [0.2, 0.25) is 5.91 Å². The van der Waals surface area contributed by atoms with Crippen molar-refractivity contribution < 1.29 is 4.79 Å². The number of nitrogens with one attached hydrogen (secondary N) is 1. The molecule has 21 heavy (non-hydrogen) atoms. The lowest BCUT2D eigenvalue weighted by molar-refractivity contribution is -0.136. The number of hydrogen-bond donors (Lipinski definition) is 1. The van der Waals surface area contributed by atoms with Crippen LogP contribution in [0, 0.1) is 11.8 Å². The molecule has 0 aromatic heterocycles. The minimum atomic E-state index is 0.111. The molecule has 1 amide bonds. The van der Waals surface area contributed by atoms with Gasteiger partial charge in [-0.2, -0.15) is 0 Å². The van der Waals surface area contributed by atoms with E-state index in [4.69, 9.17) is 0 Å². The van der Waals surface area contributed by atoms with Gasteiger partial charge in [0.25, 0.3) is 0 Å². The van der Waals surface area contributed by atoms with E-state index in [1.807, 2.05) is 0 Å². The van der Waals surface area contributed by atoms with Crippen molar-refractivity contribution in [2.24, 2.45) is 11.8 Å². The maximum atomic E-state index is 13.1. The van der Waals surface area contributed by atoms with E-state index in [2.05, 4.69) is 29.2 Å². The van der Waals surface area contributed by atoms with Crippen molar-refractivity contribution in [3.63, 3.8) is 0 Å². The van der Waals surface area contributed by atoms with Gasteiger partial charge < -0.3 is 15.1 Å². The van der Waals surface area contributed by atoms with E-state index in [0.29, 0.717) is 17.9 Å². The predicted octanol–water partition coefficient (Wildman–Crippen LogP) is 1.71. The lowest BCUT2D eigenvalue weighted by Gasteiger charge is -2.33. The molecular weight excluding hydrogens is 262 g/mol. The topological polar surface area (TPSA) is 35.6 Å². The lowest BCUT2D eigenvalue weighted by atomic mass is 9.93. The van der Waals surface area contributed by atoms with E-state index < -0.39 is 0 Å². The third kappa shape index (κ3) is 3.26. The molecule has 0 spiro atoms. The van der Waals surface area contributed by atoms with Gasteiger partial charge in [0.1, 0.15) is 0 Å². The standard InChI is InChI=1S/C17H31N3O/c1-19(2)10-11-20(14-7-3-4-8-14)17(21)16-15-9-5-6-13(15)12-18-16/h13-16,18H,3-12H2,1-2H3. The van der Waals surface area contributed by atoms with Crippen LogP contribution in [0.15, 0.2) is 0 Å². The van der Waals surface area contributed by atoms with Crippen LogP contribution in [-0.2, 0) is 4.79 Å². The van der Waals surface area contributed by atoms with Gasteiger partial charge >= 0.3 is 0 Å². The molecular formula is C17H31N3O. The Bertz CT molecular complexity index is 365. The average molecular weight is 293 g/mol. The van der Waals surface area contributed by atoms with Gasteiger partial charge in [0.05, 0.1) is 6.04 Å². The molecule has 1 aliphatic heterocycles. The molecule has 1 saturated heterocycles. The van der Waals surface area contributed by atoms with Gasteiger partial charge in [0, 0.05) is 19.1 Å². The first-order chi connectivity index (χ1) is 10.2. The zero-order chi connectivity index (χ0) is 14.8. The predicted molar refractivity (Wildman–Crippen MR) is 85.1 cm³/mol. The summed E-state index contributed by atoms with van der Waals surface area (Å²) in [6.45, 7) is 2.93. The van der Waals surface area contributed by atoms with Gasteiger partial charge in [-0.25, -0.2) is 0 Å². The summed E-state index contributed by atoms with van der Waals surface area (Å²) in [6, 6.07) is 0.611. The Kier molecular flexibility index (Phi) is 4.85. The van der Waals surface area contributed by atoms with Crippen LogP contribution in [0.25, 0.3) is 0 Å². The summed E-state index contributed by atoms with van der Waals surface area (Å²) in [6.07, 6.45) is 8.89. The Hall–Kier alpha value is -0.610. The van der Waals surface area contributed by atoms with E-state index in [9.17, 15) is 4.79 Å². The minimum Gasteiger partial charge on any atom is -0.337 e. The normalized spacial score (nSPS) is 32.8. The molecule has 120 valence electrons. The summed E-state index contributed by atoms with van der Waals surface area (Å²) in [5.74, 6) is 1.78. The van der Waals surface area contributed by atoms with Crippen LogP contribution in [0.2, 0.25) is 0 Å². The van der Waals surface area contributed by atoms with Gasteiger partial charge in [-0.3, -0.25) is 4.79 Å². The number of carbonyl (C=O) groups is 1. The number of nitrogens with zero attached hydrogens (tertiary/aromatic N) is 2. The van der Waals surface area contributed by atoms with E-state index in [-0.39, 0.29) is 6.04 Å². The molecule has 3 atom stereocenters. The second-order valence-electron chi connectivity index (χ2n) is 7.51. The van der Waals surface area contributed by atoms with Gasteiger partial charge in [0.15, 0.2) is 0 Å². The highest BCUT2D eigenvalue weighted by Gasteiger charge is 2.44. The maximum absolute atomic E-state index is 13.1. The smallest absolute Gasteiger partial charge is 0.240 e. The zero-order valence-corrected chi connectivity index (χ0v) is 13.7. The van der Waals surface area contributed by atoms with Crippen molar-refractivity contribution in [3.8, 4) is 0 Å². The van der Waals surface area contributed by atoms with Crippen LogP contribution in [0.5, 0.6) is 0 Å². The van der Waals surface area contributed by atoms with Crippen LogP contribution >= 0.6 is 0 Å². The molecule has 0 aromatic rings. The molecule has 1 N–H and O–H groups in total. The highest BCUT2D eigenvalue weighted by molar-refractivity contribution is 5.83. The van der Waals surface area contributed by atoms with Crippen LogP contribution in [0.4, 0.5) is 0 Å². The largest absolute Gasteiger partial charge is 0.337 e. The zero-order valence-electron chi connectivity index (χ0n) is 13.7. The molecule has 3 aliphatic rings. The second kappa shape index (κ2) is 6.66. The van der Waals surface area contributed by atoms with Crippen molar-refractivity contribution in [1.29, 1.82) is 0 Å². The Morgan fingerprint density at radius 3 is 2.52 bits per heavy atom. The Balaban J connectivity index is 1.67. The monoisotopic (exact) mass is 293 g/mol. The van der Waals surface area contributed by atoms with E-state index in [1.165, 1.54) is 44.9 Å². The molecule has 1 heterocycles. The minimum absolute atomic E-state index is 0.111. The summed E-state index contributed by atoms with van der Waals surface area (Å²) >= 11 is 0. The molecule has 3 unspecified atom stereocenters. The molecule has 2 aliphatic carbocycles. The van der Waals surface area contributed by atoms with Crippen molar-refractivity contribution in [2.75, 3.05) is 33.7 Å². The molecule has 3 fully saturated rings. The quantitative estimate of drug-likeness (QED) is 0.838. The molecule has 3 rings (SSSR count). The Morgan fingerprint density at radius 2 is 1.81 bits per heavy atom. The molecule has 0 radical (unpaired) electrons. The first-order valence-electron chi connectivity index (χ1n) is 8.85. The summed E-state index contributed by atoms with van der Waals surface area (Å²) < 4.78 is 0. The van der Waals surface area contributed by atoms with Crippen molar-refractivity contribution in [1.82, 2.24) is 15.1 Å². The summed E-state index contributed by atoms with van der Waals surface area (Å²) in [5.41, 5.74) is 0. The first-order valence-corrected chi connectivity index (χ1v) is 8.85. The number of rotatable bonds is 5. The highest BCUT2D eigenvalue weighted by atomic mass is 16.2. The molecule has 4 heteroatoms. The van der Waals surface area contributed by atoms with E-state index in [1.54, 1.807) is 0 Å². The van der Waals surface area contributed by atoms with E-state index >= 15 is 0 Å². The molecule has 2 saturated carbocycles. The number of fused-ring (bicyclic) bond motifs is 1. The Morgan fingerprint density at radius 1 is 1.05 bits per heavy atom. The fourth-order valence-corrected chi connectivity index (χ4v) is 4.63. The van der Waals surface area contributed by atoms with Crippen molar-refractivity contribution in [3.05, 3.63) is 0 Å². The number of hydrogen-bond acceptors (Lipinski definition) is 3. The van der Waals surface area contributed by atoms with E-state index in [0.717, 1.165) is 25.6 Å². The second-order valence-corrected chi connectivity index (χ2v) is 7.51. The summed E-state index contributed by atoms with van der Waals surface area (Å²) in [4.78, 5) is 17.6. The van der Waals surface area contributed by atoms with Gasteiger partial charge in [-0.1, -0.05) is 19.3 Å².